The van der Waals surface area contributed by atoms with Gasteiger partial charge in [-0.2, -0.15) is 0 Å². The van der Waals surface area contributed by atoms with Gasteiger partial charge in [0.25, 0.3) is 5.82 Å². The summed E-state index contributed by atoms with van der Waals surface area (Å²) in [6, 6.07) is 6.09. The lowest BCUT2D eigenvalue weighted by atomic mass is 10.2. The van der Waals surface area contributed by atoms with E-state index in [4.69, 9.17) is 0 Å². The third-order valence-electron chi connectivity index (χ3n) is 5.46. The van der Waals surface area contributed by atoms with Crippen LogP contribution in [0.1, 0.15) is 16.9 Å². The summed E-state index contributed by atoms with van der Waals surface area (Å²) in [6.45, 7) is 3.23. The van der Waals surface area contributed by atoms with Crippen molar-refractivity contribution in [2.75, 3.05) is 36.8 Å². The Morgan fingerprint density at radius 1 is 1.18 bits per heavy atom. The minimum absolute atomic E-state index is 0.195. The van der Waals surface area contributed by atoms with Crippen LogP contribution in [0.2, 0.25) is 0 Å². The number of carbonyl (C=O) groups excluding carboxylic acids is 1. The number of H-pyrrole nitrogens is 1. The van der Waals surface area contributed by atoms with Gasteiger partial charge in [0, 0.05) is 16.3 Å². The smallest absolute Gasteiger partial charge is 0.274 e. The maximum Gasteiger partial charge on any atom is 0.274 e. The van der Waals surface area contributed by atoms with E-state index in [1.807, 2.05) is 23.2 Å². The molecule has 1 saturated heterocycles. The van der Waals surface area contributed by atoms with Gasteiger partial charge in [0.1, 0.15) is 29.3 Å². The van der Waals surface area contributed by atoms with E-state index in [0.29, 0.717) is 5.75 Å². The third-order valence-corrected chi connectivity index (χ3v) is 7.64. The third kappa shape index (κ3) is 3.35. The molecule has 6 nitrogen and oxygen atoms in total. The molecule has 1 N–H and O–H groups in total. The van der Waals surface area contributed by atoms with Gasteiger partial charge in [-0.15, -0.1) is 11.3 Å². The zero-order valence-electron chi connectivity index (χ0n) is 15.6. The molecule has 144 valence electrons. The van der Waals surface area contributed by atoms with E-state index >= 15 is 0 Å². The largest absolute Gasteiger partial charge is 0.334 e. The molecule has 0 aromatic carbocycles. The first-order valence-corrected chi connectivity index (χ1v) is 11.5. The Kier molecular flexibility index (Phi) is 4.90. The summed E-state index contributed by atoms with van der Waals surface area (Å²) in [5.41, 5.74) is 1.42. The number of nitrogens with zero attached hydrogens (tertiary/aromatic N) is 4. The molecule has 0 atom stereocenters. The van der Waals surface area contributed by atoms with Crippen molar-refractivity contribution in [1.29, 1.82) is 0 Å². The number of aromatic amines is 1. The fourth-order valence-corrected chi connectivity index (χ4v) is 6.23. The second-order valence-corrected chi connectivity index (χ2v) is 9.17. The Morgan fingerprint density at radius 2 is 2.07 bits per heavy atom. The van der Waals surface area contributed by atoms with Crippen molar-refractivity contribution < 1.29 is 9.78 Å². The van der Waals surface area contributed by atoms with Crippen LogP contribution in [0.5, 0.6) is 0 Å². The summed E-state index contributed by atoms with van der Waals surface area (Å²) in [5, 5.41) is 2.16. The number of hydrogen-bond donors (Lipinski definition) is 0. The molecule has 8 heteroatoms. The number of nitrogens with one attached hydrogen (secondary N) is 1. The van der Waals surface area contributed by atoms with Crippen molar-refractivity contribution in [2.24, 2.45) is 0 Å². The second-order valence-electron chi connectivity index (χ2n) is 7.12. The van der Waals surface area contributed by atoms with E-state index in [1.54, 1.807) is 29.4 Å². The molecule has 0 unspecified atom stereocenters. The van der Waals surface area contributed by atoms with E-state index in [0.717, 1.165) is 54.7 Å². The maximum absolute atomic E-state index is 12.8. The van der Waals surface area contributed by atoms with Crippen LogP contribution in [0.3, 0.4) is 0 Å². The fraction of sp³-hybridized carbons (Fsp3) is 0.400. The van der Waals surface area contributed by atoms with Crippen molar-refractivity contribution in [3.8, 4) is 0 Å². The average Bonchev–Trinajstić information content (AvgIpc) is 3.34. The number of anilines is 1. The van der Waals surface area contributed by atoms with Crippen molar-refractivity contribution in [2.45, 2.75) is 24.3 Å². The maximum atomic E-state index is 12.8. The van der Waals surface area contributed by atoms with Gasteiger partial charge < -0.3 is 4.90 Å². The summed E-state index contributed by atoms with van der Waals surface area (Å²) < 4.78 is 0. The number of hydrogen-bond acceptors (Lipinski definition) is 6. The summed E-state index contributed by atoms with van der Waals surface area (Å²) >= 11 is 3.36. The molecule has 4 heterocycles. The predicted molar refractivity (Wildman–Crippen MR) is 112 cm³/mol. The molecular formula is C20H22N5OS2+. The molecule has 0 saturated carbocycles. The molecule has 0 spiro atoms. The van der Waals surface area contributed by atoms with Crippen LogP contribution in [0.15, 0.2) is 35.7 Å². The molecule has 5 rings (SSSR count). The highest BCUT2D eigenvalue weighted by atomic mass is 32.2. The van der Waals surface area contributed by atoms with E-state index < -0.39 is 0 Å². The first-order valence-electron chi connectivity index (χ1n) is 9.67. The molecule has 0 radical (unpaired) electrons. The number of aromatic nitrogens is 3. The summed E-state index contributed by atoms with van der Waals surface area (Å²) in [4.78, 5) is 31.8. The van der Waals surface area contributed by atoms with Crippen molar-refractivity contribution in [1.82, 2.24) is 14.9 Å². The van der Waals surface area contributed by atoms with E-state index in [2.05, 4.69) is 25.9 Å². The summed E-state index contributed by atoms with van der Waals surface area (Å²) in [5.74, 6) is 1.74. The average molecular weight is 413 g/mol. The number of pyridine rings is 1. The predicted octanol–water partition coefficient (Wildman–Crippen LogP) is 2.43. The lowest BCUT2D eigenvalue weighted by molar-refractivity contribution is -0.364. The quantitative estimate of drug-likeness (QED) is 0.487. The molecule has 1 fully saturated rings. The number of carbonyl (C=O) groups is 1. The number of thioether (sulfide) groups is 1. The number of piperazine rings is 1. The number of rotatable bonds is 4. The second kappa shape index (κ2) is 7.67. The van der Waals surface area contributed by atoms with E-state index in [-0.39, 0.29) is 5.91 Å². The minimum Gasteiger partial charge on any atom is -0.334 e. The van der Waals surface area contributed by atoms with Crippen molar-refractivity contribution in [3.63, 3.8) is 0 Å². The number of amides is 1. The highest BCUT2D eigenvalue weighted by molar-refractivity contribution is 8.00. The van der Waals surface area contributed by atoms with Crippen LogP contribution in [-0.2, 0) is 17.6 Å². The van der Waals surface area contributed by atoms with Crippen molar-refractivity contribution >= 4 is 45.0 Å². The molecule has 1 aliphatic carbocycles. The molecule has 0 bridgehead atoms. The van der Waals surface area contributed by atoms with Gasteiger partial charge in [0.2, 0.25) is 5.91 Å². The highest BCUT2D eigenvalue weighted by Gasteiger charge is 2.27. The Labute approximate surface area is 172 Å². The van der Waals surface area contributed by atoms with Crippen LogP contribution in [0, 0.1) is 0 Å². The molecule has 28 heavy (non-hydrogen) atoms. The Bertz CT molecular complexity index is 999. The fourth-order valence-electron chi connectivity index (χ4n) is 4.01. The van der Waals surface area contributed by atoms with Crippen LogP contribution in [0.4, 0.5) is 5.82 Å². The van der Waals surface area contributed by atoms with Crippen molar-refractivity contribution in [3.05, 3.63) is 41.2 Å². The topological polar surface area (TPSA) is 63.5 Å². The van der Waals surface area contributed by atoms with Crippen LogP contribution < -0.4 is 9.88 Å². The first kappa shape index (κ1) is 17.9. The standard InChI is InChI=1S/C20H21N5OS2/c26-17(25-10-8-24(9-11-25)16-6-1-2-7-21-16)12-27-19-18-14-4-3-5-15(14)28-20(18)23-13-22-19/h1-2,6-7,13H,3-5,8-12H2/p+1. The van der Waals surface area contributed by atoms with Gasteiger partial charge in [-0.3, -0.25) is 9.69 Å². The monoisotopic (exact) mass is 412 g/mol. The van der Waals surface area contributed by atoms with E-state index in [1.165, 1.54) is 22.2 Å². The molecule has 3 aromatic rings. The van der Waals surface area contributed by atoms with Gasteiger partial charge in [0.15, 0.2) is 0 Å². The zero-order valence-corrected chi connectivity index (χ0v) is 17.2. The van der Waals surface area contributed by atoms with Gasteiger partial charge in [0.05, 0.1) is 25.0 Å². The normalized spacial score (nSPS) is 16.6. The Balaban J connectivity index is 1.22. The molecule has 1 aliphatic heterocycles. The van der Waals surface area contributed by atoms with E-state index in [9.17, 15) is 4.79 Å². The Hall–Kier alpha value is -2.19. The molecular weight excluding hydrogens is 390 g/mol. The van der Waals surface area contributed by atoms with Gasteiger partial charge in [-0.05, 0) is 30.9 Å². The summed E-state index contributed by atoms with van der Waals surface area (Å²) in [6.07, 6.45) is 7.06. The molecule has 2 aliphatic rings. The Morgan fingerprint density at radius 3 is 2.89 bits per heavy atom. The molecule has 1 amide bonds. The lowest BCUT2D eigenvalue weighted by Gasteiger charge is -2.30. The SMILES string of the molecule is O=C(CSc1ncnc2sc3c(c12)CCC3)N1CCN(c2cccc[nH+]2)CC1. The van der Waals surface area contributed by atoms with Gasteiger partial charge in [-0.1, -0.05) is 17.8 Å². The summed E-state index contributed by atoms with van der Waals surface area (Å²) in [7, 11) is 0. The first-order chi connectivity index (χ1) is 13.8. The minimum atomic E-state index is 0.195. The number of thiophene rings is 1. The zero-order chi connectivity index (χ0) is 18.9. The number of aryl methyl sites for hydroxylation is 2. The lowest BCUT2D eigenvalue weighted by Crippen LogP contribution is -2.50. The van der Waals surface area contributed by atoms with Gasteiger partial charge >= 0.3 is 0 Å². The highest BCUT2D eigenvalue weighted by Crippen LogP contribution is 2.40. The molecule has 3 aromatic heterocycles. The van der Waals surface area contributed by atoms with Gasteiger partial charge in [-0.25, -0.2) is 15.0 Å². The number of fused-ring (bicyclic) bond motifs is 3. The van der Waals surface area contributed by atoms with Crippen LogP contribution >= 0.6 is 23.1 Å². The van der Waals surface area contributed by atoms with Crippen LogP contribution in [-0.4, -0.2) is 52.7 Å². The van der Waals surface area contributed by atoms with Crippen LogP contribution in [0.25, 0.3) is 10.2 Å².